The van der Waals surface area contributed by atoms with Gasteiger partial charge in [0.1, 0.15) is 23.3 Å². The first-order chi connectivity index (χ1) is 22.8. The maximum Gasteiger partial charge on any atom is 0.328 e. The molecule has 0 aliphatic rings. The van der Waals surface area contributed by atoms with E-state index in [2.05, 4.69) is 10.3 Å². The van der Waals surface area contributed by atoms with Crippen molar-refractivity contribution in [2.45, 2.75) is 25.8 Å². The average molecular weight is 634 g/mol. The Bertz CT molecular complexity index is 1830. The molecule has 0 spiro atoms. The highest BCUT2D eigenvalue weighted by molar-refractivity contribution is 6.12. The van der Waals surface area contributed by atoms with E-state index in [-0.39, 0.29) is 12.4 Å². The molecule has 5 rings (SSSR count). The highest BCUT2D eigenvalue weighted by Gasteiger charge is 2.23. The Kier molecular flexibility index (Phi) is 10.6. The Morgan fingerprint density at radius 1 is 0.872 bits per heavy atom. The number of para-hydroxylation sites is 1. The van der Waals surface area contributed by atoms with Crippen molar-refractivity contribution < 1.29 is 33.0 Å². The zero-order valence-electron chi connectivity index (χ0n) is 26.1. The Morgan fingerprint density at radius 3 is 2.36 bits per heavy atom. The van der Waals surface area contributed by atoms with Gasteiger partial charge in [-0.1, -0.05) is 54.6 Å². The number of aryl methyl sites for hydroxylation is 1. The predicted octanol–water partition coefficient (Wildman–Crippen LogP) is 5.56. The van der Waals surface area contributed by atoms with Gasteiger partial charge in [0.25, 0.3) is 5.91 Å². The van der Waals surface area contributed by atoms with E-state index >= 15 is 0 Å². The van der Waals surface area contributed by atoms with Crippen LogP contribution >= 0.6 is 0 Å². The minimum atomic E-state index is -0.778. The van der Waals surface area contributed by atoms with Crippen molar-refractivity contribution in [1.82, 2.24) is 4.98 Å². The van der Waals surface area contributed by atoms with Crippen LogP contribution in [0.2, 0.25) is 0 Å². The van der Waals surface area contributed by atoms with Crippen molar-refractivity contribution in [1.29, 1.82) is 0 Å². The fourth-order valence-electron chi connectivity index (χ4n) is 4.95. The molecule has 0 bridgehead atoms. The van der Waals surface area contributed by atoms with Gasteiger partial charge in [0, 0.05) is 35.2 Å². The second-order valence-corrected chi connectivity index (χ2v) is 10.7. The van der Waals surface area contributed by atoms with E-state index in [1.54, 1.807) is 42.5 Å². The molecule has 47 heavy (non-hydrogen) atoms. The number of carbonyl (C=O) groups excluding carboxylic acids is 3. The average Bonchev–Trinajstić information content (AvgIpc) is 3.47. The lowest BCUT2D eigenvalue weighted by molar-refractivity contribution is -0.141. The minimum absolute atomic E-state index is 0.292. The van der Waals surface area contributed by atoms with Gasteiger partial charge in [-0.2, -0.15) is 0 Å². The maximum atomic E-state index is 13.5. The van der Waals surface area contributed by atoms with Crippen LogP contribution in [-0.2, 0) is 27.2 Å². The molecule has 0 radical (unpaired) electrons. The molecule has 0 aliphatic carbocycles. The topological polar surface area (TPSA) is 143 Å². The van der Waals surface area contributed by atoms with Crippen molar-refractivity contribution in [3.8, 4) is 23.0 Å². The largest absolute Gasteiger partial charge is 0.493 e. The van der Waals surface area contributed by atoms with Crippen LogP contribution in [0.1, 0.15) is 32.9 Å². The third kappa shape index (κ3) is 8.64. The molecule has 1 heterocycles. The number of hydrogen-bond acceptors (Lipinski definition) is 9. The van der Waals surface area contributed by atoms with Crippen LogP contribution in [0, 0.1) is 6.92 Å². The van der Waals surface area contributed by atoms with E-state index in [0.29, 0.717) is 53.7 Å². The first-order valence-corrected chi connectivity index (χ1v) is 15.0. The number of rotatable bonds is 15. The number of anilines is 1. The molecule has 240 valence electrons. The van der Waals surface area contributed by atoms with Crippen molar-refractivity contribution in [2.75, 3.05) is 25.6 Å². The normalized spacial score (nSPS) is 11.4. The molecular weight excluding hydrogens is 598 g/mol. The van der Waals surface area contributed by atoms with Gasteiger partial charge in [0.15, 0.2) is 12.4 Å². The SMILES string of the molecule is COC(=O)C(Cc1ccc(OCCc2nc(-c3ccccc3)oc2C)cc1)Nc1ccccc1C(=O)c1cccc(OCC(N)=O)c1. The number of aromatic nitrogens is 1. The van der Waals surface area contributed by atoms with E-state index in [4.69, 9.17) is 24.4 Å². The van der Waals surface area contributed by atoms with E-state index < -0.39 is 17.9 Å². The summed E-state index contributed by atoms with van der Waals surface area (Å²) in [5, 5.41) is 3.20. The number of nitrogens with one attached hydrogen (secondary N) is 1. The Hall–Kier alpha value is -5.90. The summed E-state index contributed by atoms with van der Waals surface area (Å²) >= 11 is 0. The number of esters is 1. The molecule has 10 heteroatoms. The molecule has 0 aliphatic heterocycles. The van der Waals surface area contributed by atoms with E-state index in [1.165, 1.54) is 13.2 Å². The lowest BCUT2D eigenvalue weighted by atomic mass is 10.00. The zero-order chi connectivity index (χ0) is 33.2. The Balaban J connectivity index is 1.22. The summed E-state index contributed by atoms with van der Waals surface area (Å²) in [7, 11) is 1.32. The fourth-order valence-corrected chi connectivity index (χ4v) is 4.95. The number of nitrogens with two attached hydrogens (primary N) is 1. The standard InChI is InChI=1S/C37H35N3O7/c1-24-31(40-36(47-24)26-9-4-3-5-10-26)19-20-45-28-17-15-25(16-18-28)21-33(37(43)44-2)39-32-14-7-6-13-30(32)35(42)27-11-8-12-29(22-27)46-23-34(38)41/h3-18,22,33,39H,19-21,23H2,1-2H3,(H2,38,41). The number of amides is 1. The summed E-state index contributed by atoms with van der Waals surface area (Å²) in [6.45, 7) is 2.01. The van der Waals surface area contributed by atoms with Gasteiger partial charge < -0.3 is 29.7 Å². The molecule has 0 fully saturated rings. The maximum absolute atomic E-state index is 13.5. The third-order valence-corrected chi connectivity index (χ3v) is 7.35. The van der Waals surface area contributed by atoms with Crippen molar-refractivity contribution in [3.05, 3.63) is 131 Å². The third-order valence-electron chi connectivity index (χ3n) is 7.35. The molecule has 5 aromatic rings. The van der Waals surface area contributed by atoms with E-state index in [9.17, 15) is 14.4 Å². The van der Waals surface area contributed by atoms with Crippen LogP contribution in [0.5, 0.6) is 11.5 Å². The van der Waals surface area contributed by atoms with Gasteiger partial charge in [-0.25, -0.2) is 9.78 Å². The molecule has 1 atom stereocenters. The molecule has 0 saturated heterocycles. The number of oxazole rings is 1. The Morgan fingerprint density at radius 2 is 1.62 bits per heavy atom. The van der Waals surface area contributed by atoms with Crippen LogP contribution < -0.4 is 20.5 Å². The summed E-state index contributed by atoms with van der Waals surface area (Å²) in [6, 6.07) is 29.8. The number of ether oxygens (including phenoxy) is 3. The summed E-state index contributed by atoms with van der Waals surface area (Å²) in [6.07, 6.45) is 0.882. The second-order valence-electron chi connectivity index (χ2n) is 10.7. The molecule has 1 aromatic heterocycles. The first-order valence-electron chi connectivity index (χ1n) is 15.0. The van der Waals surface area contributed by atoms with Gasteiger partial charge in [0.2, 0.25) is 5.89 Å². The number of methoxy groups -OCH3 is 1. The molecule has 3 N–H and O–H groups in total. The zero-order valence-corrected chi connectivity index (χ0v) is 26.1. The lowest BCUT2D eigenvalue weighted by Crippen LogP contribution is -2.33. The number of ketones is 1. The number of hydrogen-bond donors (Lipinski definition) is 2. The van der Waals surface area contributed by atoms with E-state index in [0.717, 1.165) is 22.6 Å². The fraction of sp³-hybridized carbons (Fsp3) is 0.189. The van der Waals surface area contributed by atoms with E-state index in [1.807, 2.05) is 61.5 Å². The quantitative estimate of drug-likeness (QED) is 0.112. The molecule has 4 aromatic carbocycles. The summed E-state index contributed by atoms with van der Waals surface area (Å²) in [5.41, 5.74) is 8.97. The van der Waals surface area contributed by atoms with Gasteiger partial charge >= 0.3 is 5.97 Å². The summed E-state index contributed by atoms with van der Waals surface area (Å²) < 4.78 is 22.2. The smallest absolute Gasteiger partial charge is 0.328 e. The van der Waals surface area contributed by atoms with Crippen molar-refractivity contribution >= 4 is 23.3 Å². The number of benzene rings is 4. The van der Waals surface area contributed by atoms with Gasteiger partial charge in [-0.15, -0.1) is 0 Å². The minimum Gasteiger partial charge on any atom is -0.493 e. The number of primary amides is 1. The van der Waals surface area contributed by atoms with Crippen LogP contribution in [0.3, 0.4) is 0 Å². The molecule has 0 saturated carbocycles. The molecule has 1 amide bonds. The van der Waals surface area contributed by atoms with Crippen molar-refractivity contribution in [3.63, 3.8) is 0 Å². The molecular formula is C37H35N3O7. The van der Waals surface area contributed by atoms with Crippen LogP contribution in [0.4, 0.5) is 5.69 Å². The van der Waals surface area contributed by atoms with Crippen LogP contribution in [-0.4, -0.2) is 49.0 Å². The number of carbonyl (C=O) groups is 3. The van der Waals surface area contributed by atoms with Gasteiger partial charge in [-0.05, 0) is 61.0 Å². The van der Waals surface area contributed by atoms with Crippen molar-refractivity contribution in [2.24, 2.45) is 5.73 Å². The highest BCUT2D eigenvalue weighted by atomic mass is 16.5. The molecule has 10 nitrogen and oxygen atoms in total. The lowest BCUT2D eigenvalue weighted by Gasteiger charge is -2.20. The Labute approximate surface area is 272 Å². The van der Waals surface area contributed by atoms with Gasteiger partial charge in [0.05, 0.1) is 19.4 Å². The van der Waals surface area contributed by atoms with Gasteiger partial charge in [-0.3, -0.25) is 9.59 Å². The monoisotopic (exact) mass is 633 g/mol. The predicted molar refractivity (Wildman–Crippen MR) is 176 cm³/mol. The first kappa shape index (κ1) is 32.5. The number of nitrogens with zero attached hydrogens (tertiary/aromatic N) is 1. The molecule has 1 unspecified atom stereocenters. The second kappa shape index (κ2) is 15.4. The summed E-state index contributed by atoms with van der Waals surface area (Å²) in [4.78, 5) is 42.1. The van der Waals surface area contributed by atoms with Crippen LogP contribution in [0.25, 0.3) is 11.5 Å². The summed E-state index contributed by atoms with van der Waals surface area (Å²) in [5.74, 6) is 0.971. The van der Waals surface area contributed by atoms with Crippen LogP contribution in [0.15, 0.2) is 108 Å². The highest BCUT2D eigenvalue weighted by Crippen LogP contribution is 2.25.